The van der Waals surface area contributed by atoms with Crippen molar-refractivity contribution in [2.75, 3.05) is 5.73 Å². The maximum absolute atomic E-state index is 14.3. The molecular weight excluding hydrogens is 473 g/mol. The fourth-order valence-corrected chi connectivity index (χ4v) is 5.53. The van der Waals surface area contributed by atoms with Gasteiger partial charge in [0.05, 0.1) is 29.2 Å². The lowest BCUT2D eigenvalue weighted by molar-refractivity contribution is -0.137. The number of nitrogens with one attached hydrogen (secondary N) is 1. The summed E-state index contributed by atoms with van der Waals surface area (Å²) in [7, 11) is 0. The van der Waals surface area contributed by atoms with Gasteiger partial charge in [0, 0.05) is 17.5 Å². The molecule has 0 aliphatic carbocycles. The maximum atomic E-state index is 14.3. The van der Waals surface area contributed by atoms with Crippen LogP contribution in [-0.4, -0.2) is 52.0 Å². The van der Waals surface area contributed by atoms with Crippen LogP contribution in [0.25, 0.3) is 16.9 Å². The number of carbonyl (C=O) groups is 1. The molecule has 1 unspecified atom stereocenters. The van der Waals surface area contributed by atoms with Gasteiger partial charge >= 0.3 is 0 Å². The number of tetrazole rings is 1. The number of hydrogen-bond donors (Lipinski definition) is 2. The highest BCUT2D eigenvalue weighted by atomic mass is 35.5. The number of amides is 1. The van der Waals surface area contributed by atoms with E-state index in [1.54, 1.807) is 23.0 Å². The van der Waals surface area contributed by atoms with Gasteiger partial charge in [0.25, 0.3) is 0 Å². The molecule has 5 heterocycles. The average Bonchev–Trinajstić information content (AvgIpc) is 3.59. The normalized spacial score (nSPS) is 21.9. The third-order valence-corrected chi connectivity index (χ3v) is 7.10. The van der Waals surface area contributed by atoms with Gasteiger partial charge in [-0.25, -0.2) is 14.6 Å². The zero-order chi connectivity index (χ0) is 24.1. The number of H-pyrrole nitrogens is 1. The summed E-state index contributed by atoms with van der Waals surface area (Å²) in [6.07, 6.45) is 5.85. The molecule has 0 radical (unpaired) electrons. The Morgan fingerprint density at radius 2 is 2.09 bits per heavy atom. The molecule has 3 aromatic heterocycles. The van der Waals surface area contributed by atoms with Crippen LogP contribution in [0.15, 0.2) is 42.9 Å². The second kappa shape index (κ2) is 8.42. The molecule has 178 valence electrons. The predicted octanol–water partition coefficient (Wildman–Crippen LogP) is 3.43. The van der Waals surface area contributed by atoms with E-state index >= 15 is 0 Å². The fraction of sp³-hybridized carbons (Fsp3) is 0.304. The summed E-state index contributed by atoms with van der Waals surface area (Å²) in [6.45, 7) is 0. The Morgan fingerprint density at radius 3 is 2.89 bits per heavy atom. The summed E-state index contributed by atoms with van der Waals surface area (Å²) in [5, 5.41) is 12.1. The number of anilines is 1. The minimum atomic E-state index is -0.665. The van der Waals surface area contributed by atoms with Crippen molar-refractivity contribution in [1.29, 1.82) is 0 Å². The number of nitrogens with two attached hydrogens (primary N) is 1. The van der Waals surface area contributed by atoms with Gasteiger partial charge in [0.2, 0.25) is 11.9 Å². The number of rotatable bonds is 4. The molecule has 1 amide bonds. The molecule has 4 aromatic rings. The highest BCUT2D eigenvalue weighted by Crippen LogP contribution is 2.45. The number of piperidine rings is 1. The number of carbonyl (C=O) groups excluding carboxylic acids is 1. The standard InChI is InChI=1S/C23H21ClFN9O/c24-13-1-4-18(33-11-28-31-32-33)16(9-13)12-7-14-2-5-19(34(14)21(35)8-12)23-27-10-17(29-23)15-3-6-20(26)30-22(15)25/h1,3-4,6,9-12,14,19H,2,5,7-8H2,(H2,26,30)(H,27,29)/t12?,14-,19+/m1/s1. The zero-order valence-corrected chi connectivity index (χ0v) is 19.2. The number of halogens is 2. The van der Waals surface area contributed by atoms with Gasteiger partial charge < -0.3 is 15.6 Å². The number of nitrogen functional groups attached to an aromatic ring is 1. The van der Waals surface area contributed by atoms with Crippen molar-refractivity contribution in [1.82, 2.24) is 40.1 Å². The van der Waals surface area contributed by atoms with E-state index in [-0.39, 0.29) is 35.3 Å². The minimum Gasteiger partial charge on any atom is -0.384 e. The summed E-state index contributed by atoms with van der Waals surface area (Å²) in [6, 6.07) is 8.54. The van der Waals surface area contributed by atoms with Crippen LogP contribution >= 0.6 is 11.6 Å². The van der Waals surface area contributed by atoms with Crippen molar-refractivity contribution in [2.45, 2.75) is 43.7 Å². The van der Waals surface area contributed by atoms with Crippen molar-refractivity contribution in [3.8, 4) is 16.9 Å². The quantitative estimate of drug-likeness (QED) is 0.416. The Labute approximate surface area is 204 Å². The van der Waals surface area contributed by atoms with Gasteiger partial charge in [-0.15, -0.1) is 5.10 Å². The summed E-state index contributed by atoms with van der Waals surface area (Å²) in [5.74, 6) is 0.127. The largest absolute Gasteiger partial charge is 0.384 e. The number of imidazole rings is 1. The Balaban J connectivity index is 1.26. The first-order valence-corrected chi connectivity index (χ1v) is 11.7. The third-order valence-electron chi connectivity index (χ3n) is 6.86. The van der Waals surface area contributed by atoms with Gasteiger partial charge in [-0.05, 0) is 71.5 Å². The number of hydrogen-bond acceptors (Lipinski definition) is 7. The number of aromatic amines is 1. The van der Waals surface area contributed by atoms with Crippen LogP contribution in [0, 0.1) is 5.95 Å². The molecule has 2 fully saturated rings. The lowest BCUT2D eigenvalue weighted by atomic mass is 9.84. The third kappa shape index (κ3) is 3.81. The van der Waals surface area contributed by atoms with Crippen LogP contribution in [0.1, 0.15) is 49.0 Å². The number of fused-ring (bicyclic) bond motifs is 1. The highest BCUT2D eigenvalue weighted by Gasteiger charge is 2.44. The van der Waals surface area contributed by atoms with Gasteiger partial charge in [0.1, 0.15) is 18.0 Å². The Morgan fingerprint density at radius 1 is 1.20 bits per heavy atom. The van der Waals surface area contributed by atoms with Crippen molar-refractivity contribution in [3.63, 3.8) is 0 Å². The molecule has 2 saturated heterocycles. The van der Waals surface area contributed by atoms with Crippen molar-refractivity contribution < 1.29 is 9.18 Å². The first kappa shape index (κ1) is 21.7. The second-order valence-electron chi connectivity index (χ2n) is 8.90. The molecule has 0 spiro atoms. The molecule has 0 saturated carbocycles. The molecule has 6 rings (SSSR count). The maximum Gasteiger partial charge on any atom is 0.224 e. The van der Waals surface area contributed by atoms with E-state index in [9.17, 15) is 9.18 Å². The topological polar surface area (TPSA) is 132 Å². The van der Waals surface area contributed by atoms with Gasteiger partial charge in [-0.3, -0.25) is 4.79 Å². The van der Waals surface area contributed by atoms with Crippen LogP contribution in [0.4, 0.5) is 10.2 Å². The monoisotopic (exact) mass is 493 g/mol. The van der Waals surface area contributed by atoms with Gasteiger partial charge in [-0.1, -0.05) is 11.6 Å². The van der Waals surface area contributed by atoms with Crippen molar-refractivity contribution >= 4 is 23.3 Å². The highest BCUT2D eigenvalue weighted by molar-refractivity contribution is 6.30. The van der Waals surface area contributed by atoms with E-state index in [0.717, 1.165) is 30.5 Å². The minimum absolute atomic E-state index is 0.0116. The van der Waals surface area contributed by atoms with E-state index in [4.69, 9.17) is 17.3 Å². The van der Waals surface area contributed by atoms with E-state index < -0.39 is 5.95 Å². The van der Waals surface area contributed by atoms with E-state index in [1.165, 1.54) is 12.4 Å². The summed E-state index contributed by atoms with van der Waals surface area (Å²) >= 11 is 6.31. The molecule has 10 nitrogen and oxygen atoms in total. The van der Waals surface area contributed by atoms with Crippen LogP contribution in [0.5, 0.6) is 0 Å². The Hall–Kier alpha value is -3.86. The summed E-state index contributed by atoms with van der Waals surface area (Å²) in [4.78, 5) is 26.7. The van der Waals surface area contributed by atoms with Crippen LogP contribution in [0.3, 0.4) is 0 Å². The number of nitrogens with zero attached hydrogens (tertiary/aromatic N) is 7. The number of benzene rings is 1. The molecule has 1 aromatic carbocycles. The number of pyridine rings is 1. The molecule has 3 atom stereocenters. The molecule has 2 aliphatic rings. The average molecular weight is 494 g/mol. The second-order valence-corrected chi connectivity index (χ2v) is 9.34. The first-order valence-electron chi connectivity index (χ1n) is 11.3. The predicted molar refractivity (Wildman–Crippen MR) is 125 cm³/mol. The molecule has 12 heteroatoms. The molecule has 2 aliphatic heterocycles. The number of aromatic nitrogens is 7. The van der Waals surface area contributed by atoms with Crippen LogP contribution in [0.2, 0.25) is 5.02 Å². The first-order chi connectivity index (χ1) is 17.0. The van der Waals surface area contributed by atoms with Crippen LogP contribution in [-0.2, 0) is 4.79 Å². The smallest absolute Gasteiger partial charge is 0.224 e. The lowest BCUT2D eigenvalue weighted by Crippen LogP contribution is -2.43. The molecular formula is C23H21ClFN9O. The Kier molecular flexibility index (Phi) is 5.21. The zero-order valence-electron chi connectivity index (χ0n) is 18.5. The van der Waals surface area contributed by atoms with Crippen LogP contribution < -0.4 is 5.73 Å². The van der Waals surface area contributed by atoms with Crippen molar-refractivity contribution in [3.05, 3.63) is 65.2 Å². The molecule has 0 bridgehead atoms. The fourth-order valence-electron chi connectivity index (χ4n) is 5.35. The van der Waals surface area contributed by atoms with E-state index in [0.29, 0.717) is 23.0 Å². The van der Waals surface area contributed by atoms with E-state index in [1.807, 2.05) is 17.0 Å². The summed E-state index contributed by atoms with van der Waals surface area (Å²) < 4.78 is 15.9. The van der Waals surface area contributed by atoms with Gasteiger partial charge in [0.15, 0.2) is 0 Å². The lowest BCUT2D eigenvalue weighted by Gasteiger charge is -2.38. The molecule has 35 heavy (non-hydrogen) atoms. The van der Waals surface area contributed by atoms with Crippen molar-refractivity contribution in [2.24, 2.45) is 0 Å². The van der Waals surface area contributed by atoms with Gasteiger partial charge in [-0.2, -0.15) is 4.39 Å². The van der Waals surface area contributed by atoms with E-state index in [2.05, 4.69) is 30.5 Å². The molecule has 3 N–H and O–H groups in total. The summed E-state index contributed by atoms with van der Waals surface area (Å²) in [5.41, 5.74) is 8.11. The SMILES string of the molecule is Nc1ccc(-c2cnc([C@@H]3CC[C@@H]4CC(c5cc(Cl)ccc5-n5cnnn5)CC(=O)N43)[nH]2)c(F)n1. The Bertz CT molecular complexity index is 1410.